The fourth-order valence-electron chi connectivity index (χ4n) is 1.21. The minimum Gasteiger partial charge on any atom is -0.385 e. The molecule has 14 heavy (non-hydrogen) atoms. The number of nitrogens with zero attached hydrogens (tertiary/aromatic N) is 1. The number of H-pyrrole nitrogens is 1. The molecule has 0 aliphatic rings. The van der Waals surface area contributed by atoms with Gasteiger partial charge in [0.2, 0.25) is 0 Å². The molecule has 1 rings (SSSR count). The normalized spacial score (nSPS) is 10.5. The molecule has 0 atom stereocenters. The van der Waals surface area contributed by atoms with Crippen LogP contribution in [0.4, 0.5) is 0 Å². The van der Waals surface area contributed by atoms with Crippen molar-refractivity contribution in [3.8, 4) is 0 Å². The molecule has 78 valence electrons. The van der Waals surface area contributed by atoms with Crippen LogP contribution in [0.15, 0.2) is 0 Å². The number of hydrogen-bond acceptors (Lipinski definition) is 3. The van der Waals surface area contributed by atoms with Crippen LogP contribution >= 0.6 is 12.2 Å². The molecule has 0 unspecified atom stereocenters. The highest BCUT2D eigenvalue weighted by Crippen LogP contribution is 2.06. The van der Waals surface area contributed by atoms with Crippen molar-refractivity contribution in [2.24, 2.45) is 0 Å². The van der Waals surface area contributed by atoms with Gasteiger partial charge in [-0.2, -0.15) is 0 Å². The lowest BCUT2D eigenvalue weighted by Gasteiger charge is -2.05. The maximum Gasteiger partial charge on any atom is 0.132 e. The number of aromatic nitrogens is 2. The van der Waals surface area contributed by atoms with Crippen molar-refractivity contribution in [1.82, 2.24) is 9.97 Å². The molecule has 0 bridgehead atoms. The van der Waals surface area contributed by atoms with Crippen molar-refractivity contribution in [2.75, 3.05) is 13.7 Å². The summed E-state index contributed by atoms with van der Waals surface area (Å²) in [5, 5.41) is 0. The second kappa shape index (κ2) is 5.22. The minimum absolute atomic E-state index is 0.702. The molecule has 0 amide bonds. The van der Waals surface area contributed by atoms with E-state index < -0.39 is 0 Å². The van der Waals surface area contributed by atoms with E-state index in [1.54, 1.807) is 7.11 Å². The van der Waals surface area contributed by atoms with E-state index in [-0.39, 0.29) is 0 Å². The number of methoxy groups -OCH3 is 1. The Kier molecular flexibility index (Phi) is 4.22. The number of nitrogens with one attached hydrogen (secondary N) is 1. The van der Waals surface area contributed by atoms with E-state index in [2.05, 4.69) is 9.97 Å². The van der Waals surface area contributed by atoms with Gasteiger partial charge in [0.15, 0.2) is 0 Å². The molecule has 1 aromatic rings. The van der Waals surface area contributed by atoms with Gasteiger partial charge < -0.3 is 9.72 Å². The van der Waals surface area contributed by atoms with Crippen LogP contribution in [-0.4, -0.2) is 23.7 Å². The highest BCUT2D eigenvalue weighted by molar-refractivity contribution is 7.71. The fraction of sp³-hybridized carbons (Fsp3) is 0.600. The molecule has 0 aliphatic carbocycles. The number of aryl methyl sites for hydroxylation is 2. The Balaban J connectivity index is 2.75. The van der Waals surface area contributed by atoms with Crippen molar-refractivity contribution < 1.29 is 4.74 Å². The summed E-state index contributed by atoms with van der Waals surface area (Å²) in [7, 11) is 1.70. The summed E-state index contributed by atoms with van der Waals surface area (Å²) in [5.41, 5.74) is 2.17. The first-order valence-electron chi connectivity index (χ1n) is 4.70. The molecular formula is C10H16N2OS. The van der Waals surface area contributed by atoms with Crippen LogP contribution < -0.4 is 0 Å². The van der Waals surface area contributed by atoms with Crippen molar-refractivity contribution in [2.45, 2.75) is 26.7 Å². The average Bonchev–Trinajstić information content (AvgIpc) is 2.14. The largest absolute Gasteiger partial charge is 0.385 e. The highest BCUT2D eigenvalue weighted by atomic mass is 32.1. The number of aromatic amines is 1. The van der Waals surface area contributed by atoms with Crippen LogP contribution in [0.1, 0.15) is 23.5 Å². The zero-order chi connectivity index (χ0) is 10.6. The van der Waals surface area contributed by atoms with E-state index in [1.165, 1.54) is 0 Å². The first kappa shape index (κ1) is 11.3. The van der Waals surface area contributed by atoms with Gasteiger partial charge in [-0.05, 0) is 20.3 Å². The lowest BCUT2D eigenvalue weighted by atomic mass is 10.2. The topological polar surface area (TPSA) is 37.9 Å². The Morgan fingerprint density at radius 3 is 2.71 bits per heavy atom. The molecule has 1 heterocycles. The molecule has 0 saturated carbocycles. The van der Waals surface area contributed by atoms with Crippen molar-refractivity contribution >= 4 is 12.2 Å². The summed E-state index contributed by atoms with van der Waals surface area (Å²) in [6.45, 7) is 4.77. The number of hydrogen-bond donors (Lipinski definition) is 1. The SMILES string of the molecule is COCCCc1nc(=S)c(C)c(C)[nH]1. The zero-order valence-electron chi connectivity index (χ0n) is 8.89. The first-order chi connectivity index (χ1) is 6.65. The maximum atomic E-state index is 5.14. The molecule has 0 aliphatic heterocycles. The Morgan fingerprint density at radius 1 is 1.43 bits per heavy atom. The van der Waals surface area contributed by atoms with E-state index in [9.17, 15) is 0 Å². The van der Waals surface area contributed by atoms with Gasteiger partial charge >= 0.3 is 0 Å². The highest BCUT2D eigenvalue weighted by Gasteiger charge is 2.00. The Labute approximate surface area is 89.5 Å². The Bertz CT molecular complexity index is 360. The first-order valence-corrected chi connectivity index (χ1v) is 5.11. The average molecular weight is 212 g/mol. The number of ether oxygens (including phenoxy) is 1. The van der Waals surface area contributed by atoms with Gasteiger partial charge in [0, 0.05) is 31.4 Å². The molecule has 0 saturated heterocycles. The van der Waals surface area contributed by atoms with Gasteiger partial charge in [-0.25, -0.2) is 4.98 Å². The summed E-state index contributed by atoms with van der Waals surface area (Å²) >= 11 is 5.14. The van der Waals surface area contributed by atoms with Gasteiger partial charge in [-0.1, -0.05) is 12.2 Å². The van der Waals surface area contributed by atoms with Gasteiger partial charge in [0.05, 0.1) is 0 Å². The van der Waals surface area contributed by atoms with Gasteiger partial charge in [-0.3, -0.25) is 0 Å². The van der Waals surface area contributed by atoms with Crippen molar-refractivity contribution in [3.63, 3.8) is 0 Å². The van der Waals surface area contributed by atoms with Gasteiger partial charge in [0.25, 0.3) is 0 Å². The fourth-order valence-corrected chi connectivity index (χ4v) is 1.47. The van der Waals surface area contributed by atoms with Crippen LogP contribution in [0.25, 0.3) is 0 Å². The Hall–Kier alpha value is -0.740. The lowest BCUT2D eigenvalue weighted by Crippen LogP contribution is -2.02. The lowest BCUT2D eigenvalue weighted by molar-refractivity contribution is 0.194. The molecule has 0 fully saturated rings. The second-order valence-electron chi connectivity index (χ2n) is 3.34. The van der Waals surface area contributed by atoms with E-state index in [4.69, 9.17) is 17.0 Å². The third-order valence-electron chi connectivity index (χ3n) is 2.21. The molecule has 3 nitrogen and oxygen atoms in total. The van der Waals surface area contributed by atoms with Crippen LogP contribution in [0, 0.1) is 18.5 Å². The maximum absolute atomic E-state index is 5.14. The summed E-state index contributed by atoms with van der Waals surface area (Å²) < 4.78 is 5.68. The molecular weight excluding hydrogens is 196 g/mol. The molecule has 1 aromatic heterocycles. The summed E-state index contributed by atoms with van der Waals surface area (Å²) in [6.07, 6.45) is 1.86. The number of rotatable bonds is 4. The van der Waals surface area contributed by atoms with Crippen LogP contribution in [0.5, 0.6) is 0 Å². The predicted molar refractivity (Wildman–Crippen MR) is 59.1 cm³/mol. The summed E-state index contributed by atoms with van der Waals surface area (Å²) in [4.78, 5) is 7.55. The van der Waals surface area contributed by atoms with E-state index >= 15 is 0 Å². The minimum atomic E-state index is 0.702. The molecule has 0 aromatic carbocycles. The molecule has 1 N–H and O–H groups in total. The van der Waals surface area contributed by atoms with Gasteiger partial charge in [0.1, 0.15) is 10.5 Å². The third kappa shape index (κ3) is 2.89. The zero-order valence-corrected chi connectivity index (χ0v) is 9.70. The molecule has 0 radical (unpaired) electrons. The molecule has 4 heteroatoms. The van der Waals surface area contributed by atoms with Crippen molar-refractivity contribution in [1.29, 1.82) is 0 Å². The van der Waals surface area contributed by atoms with E-state index in [0.29, 0.717) is 4.64 Å². The quantitative estimate of drug-likeness (QED) is 0.615. The third-order valence-corrected chi connectivity index (χ3v) is 2.61. The van der Waals surface area contributed by atoms with E-state index in [0.717, 1.165) is 36.5 Å². The Morgan fingerprint density at radius 2 is 2.14 bits per heavy atom. The van der Waals surface area contributed by atoms with Crippen molar-refractivity contribution in [3.05, 3.63) is 21.7 Å². The summed E-state index contributed by atoms with van der Waals surface area (Å²) in [5.74, 6) is 0.954. The van der Waals surface area contributed by atoms with Crippen LogP contribution in [-0.2, 0) is 11.2 Å². The monoisotopic (exact) mass is 212 g/mol. The molecule has 0 spiro atoms. The van der Waals surface area contributed by atoms with Crippen LogP contribution in [0.2, 0.25) is 0 Å². The predicted octanol–water partition coefficient (Wildman–Crippen LogP) is 2.34. The summed E-state index contributed by atoms with van der Waals surface area (Å²) in [6, 6.07) is 0. The van der Waals surface area contributed by atoms with Crippen LogP contribution in [0.3, 0.4) is 0 Å². The van der Waals surface area contributed by atoms with Gasteiger partial charge in [-0.15, -0.1) is 0 Å². The smallest absolute Gasteiger partial charge is 0.132 e. The van der Waals surface area contributed by atoms with E-state index in [1.807, 2.05) is 13.8 Å². The standard InChI is InChI=1S/C10H16N2OS/c1-7-8(2)11-9(12-10(7)14)5-4-6-13-3/h4-6H2,1-3H3,(H,11,12,14). The second-order valence-corrected chi connectivity index (χ2v) is 3.72.